The summed E-state index contributed by atoms with van der Waals surface area (Å²) in [4.78, 5) is 43.3. The summed E-state index contributed by atoms with van der Waals surface area (Å²) < 4.78 is 0. The van der Waals surface area contributed by atoms with Gasteiger partial charge in [-0.3, -0.25) is 9.79 Å². The SMILES string of the molecule is CC1=NC(C)=C(C(=O)O)C(c2cccc(NC(=O)NCCCN3CCC(C4CCCCC4)CC3)c2)C1C(=O)O. The van der Waals surface area contributed by atoms with Gasteiger partial charge in [-0.1, -0.05) is 44.2 Å². The molecule has 4 rings (SSSR count). The first-order chi connectivity index (χ1) is 18.7. The molecule has 1 saturated heterocycles. The van der Waals surface area contributed by atoms with Gasteiger partial charge in [0.2, 0.25) is 0 Å². The molecule has 2 fully saturated rings. The number of nitrogens with one attached hydrogen (secondary N) is 2. The predicted molar refractivity (Wildman–Crippen MR) is 151 cm³/mol. The molecule has 0 radical (unpaired) electrons. The molecule has 9 nitrogen and oxygen atoms in total. The van der Waals surface area contributed by atoms with Crippen LogP contribution in [0, 0.1) is 17.8 Å². The van der Waals surface area contributed by atoms with Gasteiger partial charge in [-0.25, -0.2) is 9.59 Å². The van der Waals surface area contributed by atoms with E-state index in [9.17, 15) is 24.6 Å². The second-order valence-electron chi connectivity index (χ2n) is 11.3. The number of carboxylic acid groups (broad SMARTS) is 2. The molecule has 0 spiro atoms. The van der Waals surface area contributed by atoms with E-state index in [-0.39, 0.29) is 17.3 Å². The van der Waals surface area contributed by atoms with Crippen molar-refractivity contribution in [1.29, 1.82) is 0 Å². The molecule has 0 aromatic heterocycles. The zero-order chi connectivity index (χ0) is 27.9. The molecule has 4 N–H and O–H groups in total. The molecule has 1 aromatic rings. The Bertz CT molecular complexity index is 1120. The Labute approximate surface area is 230 Å². The summed E-state index contributed by atoms with van der Waals surface area (Å²) in [7, 11) is 0. The Morgan fingerprint density at radius 1 is 1.00 bits per heavy atom. The highest BCUT2D eigenvalue weighted by molar-refractivity contribution is 6.06. The second kappa shape index (κ2) is 13.2. The van der Waals surface area contributed by atoms with Crippen molar-refractivity contribution in [3.8, 4) is 0 Å². The number of hydrogen-bond donors (Lipinski definition) is 4. The Morgan fingerprint density at radius 2 is 1.69 bits per heavy atom. The number of likely N-dealkylation sites (tertiary alicyclic amines) is 1. The van der Waals surface area contributed by atoms with E-state index in [0.29, 0.717) is 23.5 Å². The molecule has 39 heavy (non-hydrogen) atoms. The van der Waals surface area contributed by atoms with Crippen LogP contribution in [0.1, 0.15) is 76.7 Å². The van der Waals surface area contributed by atoms with Crippen LogP contribution in [0.15, 0.2) is 40.5 Å². The molecule has 2 atom stereocenters. The van der Waals surface area contributed by atoms with Gasteiger partial charge in [0.1, 0.15) is 5.92 Å². The molecule has 2 aliphatic heterocycles. The highest BCUT2D eigenvalue weighted by Crippen LogP contribution is 2.40. The van der Waals surface area contributed by atoms with Gasteiger partial charge < -0.3 is 25.7 Å². The maximum Gasteiger partial charge on any atom is 0.334 e. The summed E-state index contributed by atoms with van der Waals surface area (Å²) in [5, 5.41) is 25.4. The van der Waals surface area contributed by atoms with Gasteiger partial charge in [0, 0.05) is 29.6 Å². The lowest BCUT2D eigenvalue weighted by atomic mass is 9.75. The first-order valence-corrected chi connectivity index (χ1v) is 14.3. The summed E-state index contributed by atoms with van der Waals surface area (Å²) in [5.41, 5.74) is 1.57. The van der Waals surface area contributed by atoms with Gasteiger partial charge in [-0.05, 0) is 82.3 Å². The van der Waals surface area contributed by atoms with E-state index in [2.05, 4.69) is 20.5 Å². The number of urea groups is 1. The minimum Gasteiger partial charge on any atom is -0.481 e. The maximum atomic E-state index is 12.6. The van der Waals surface area contributed by atoms with Crippen molar-refractivity contribution in [3.63, 3.8) is 0 Å². The minimum atomic E-state index is -1.20. The zero-order valence-corrected chi connectivity index (χ0v) is 23.1. The third-order valence-electron chi connectivity index (χ3n) is 8.71. The molecule has 2 heterocycles. The van der Waals surface area contributed by atoms with Crippen molar-refractivity contribution in [3.05, 3.63) is 41.1 Å². The molecule has 3 aliphatic rings. The summed E-state index contributed by atoms with van der Waals surface area (Å²) in [6.07, 6.45) is 10.5. The molecule has 1 aromatic carbocycles. The number of carboxylic acids is 2. The number of nitrogens with zero attached hydrogens (tertiary/aromatic N) is 2. The third kappa shape index (κ3) is 7.26. The normalized spacial score (nSPS) is 23.3. The lowest BCUT2D eigenvalue weighted by molar-refractivity contribution is -0.140. The van der Waals surface area contributed by atoms with Crippen molar-refractivity contribution in [2.45, 2.75) is 71.1 Å². The van der Waals surface area contributed by atoms with Crippen LogP contribution in [0.25, 0.3) is 0 Å². The number of carbonyl (C=O) groups excluding carboxylic acids is 1. The number of anilines is 1. The number of aliphatic carboxylic acids is 2. The highest BCUT2D eigenvalue weighted by atomic mass is 16.4. The van der Waals surface area contributed by atoms with Crippen molar-refractivity contribution in [2.24, 2.45) is 22.7 Å². The van der Waals surface area contributed by atoms with Crippen LogP contribution in [-0.2, 0) is 9.59 Å². The van der Waals surface area contributed by atoms with E-state index in [1.165, 1.54) is 44.9 Å². The third-order valence-corrected chi connectivity index (χ3v) is 8.71. The van der Waals surface area contributed by atoms with Crippen LogP contribution in [0.3, 0.4) is 0 Å². The van der Waals surface area contributed by atoms with Gasteiger partial charge in [0.25, 0.3) is 0 Å². The molecule has 1 aliphatic carbocycles. The lowest BCUT2D eigenvalue weighted by Crippen LogP contribution is -2.38. The lowest BCUT2D eigenvalue weighted by Gasteiger charge is -2.37. The number of hydrogen-bond acceptors (Lipinski definition) is 5. The number of rotatable bonds is 9. The monoisotopic (exact) mass is 538 g/mol. The van der Waals surface area contributed by atoms with Crippen molar-refractivity contribution < 1.29 is 24.6 Å². The summed E-state index contributed by atoms with van der Waals surface area (Å²) in [5.74, 6) is -2.52. The topological polar surface area (TPSA) is 131 Å². The number of aliphatic imine (C=N–C) groups is 1. The second-order valence-corrected chi connectivity index (χ2v) is 11.3. The average molecular weight is 539 g/mol. The molecule has 2 amide bonds. The van der Waals surface area contributed by atoms with Crippen LogP contribution >= 0.6 is 0 Å². The quantitative estimate of drug-likeness (QED) is 0.323. The van der Waals surface area contributed by atoms with Crippen LogP contribution in [0.4, 0.5) is 10.5 Å². The van der Waals surface area contributed by atoms with E-state index < -0.39 is 23.8 Å². The van der Waals surface area contributed by atoms with Gasteiger partial charge in [0.05, 0.1) is 5.57 Å². The average Bonchev–Trinajstić information content (AvgIpc) is 2.91. The predicted octanol–water partition coefficient (Wildman–Crippen LogP) is 5.11. The Morgan fingerprint density at radius 3 is 2.36 bits per heavy atom. The Hall–Kier alpha value is -3.20. The van der Waals surface area contributed by atoms with Crippen LogP contribution in [0.5, 0.6) is 0 Å². The van der Waals surface area contributed by atoms with Crippen molar-refractivity contribution >= 4 is 29.4 Å². The standard InChI is InChI=1S/C30H42N4O5/c1-19-25(28(35)36)27(26(29(37)38)20(2)32-19)23-10-6-11-24(18-23)33-30(39)31-14-7-15-34-16-12-22(13-17-34)21-8-4-3-5-9-21/h6,10-11,18,21-22,25,27H,3-5,7-9,12-17H2,1-2H3,(H,35,36)(H,37,38)(H2,31,33,39). The molecule has 2 unspecified atom stereocenters. The van der Waals surface area contributed by atoms with E-state index in [1.807, 2.05) is 0 Å². The maximum absolute atomic E-state index is 12.6. The summed E-state index contributed by atoms with van der Waals surface area (Å²) >= 11 is 0. The molecule has 212 valence electrons. The fraction of sp³-hybridized carbons (Fsp3) is 0.600. The molecular formula is C30H42N4O5. The first-order valence-electron chi connectivity index (χ1n) is 14.3. The molecular weight excluding hydrogens is 496 g/mol. The van der Waals surface area contributed by atoms with Gasteiger partial charge in [-0.15, -0.1) is 0 Å². The van der Waals surface area contributed by atoms with Gasteiger partial charge in [-0.2, -0.15) is 0 Å². The van der Waals surface area contributed by atoms with E-state index >= 15 is 0 Å². The van der Waals surface area contributed by atoms with Gasteiger partial charge >= 0.3 is 18.0 Å². The molecule has 1 saturated carbocycles. The summed E-state index contributed by atoms with van der Waals surface area (Å²) in [6, 6.07) is 6.39. The van der Waals surface area contributed by atoms with Gasteiger partial charge in [0.15, 0.2) is 0 Å². The summed E-state index contributed by atoms with van der Waals surface area (Å²) in [6.45, 7) is 6.99. The number of carbonyl (C=O) groups is 3. The number of amides is 2. The zero-order valence-electron chi connectivity index (χ0n) is 23.1. The molecule has 0 bridgehead atoms. The fourth-order valence-corrected chi connectivity index (χ4v) is 6.74. The van der Waals surface area contributed by atoms with E-state index in [1.54, 1.807) is 38.1 Å². The minimum absolute atomic E-state index is 0.0441. The largest absolute Gasteiger partial charge is 0.481 e. The Balaban J connectivity index is 1.27. The highest BCUT2D eigenvalue weighted by Gasteiger charge is 2.41. The van der Waals surface area contributed by atoms with Crippen LogP contribution in [0.2, 0.25) is 0 Å². The van der Waals surface area contributed by atoms with Crippen LogP contribution < -0.4 is 10.6 Å². The van der Waals surface area contributed by atoms with Crippen LogP contribution in [-0.4, -0.2) is 65.0 Å². The van der Waals surface area contributed by atoms with E-state index in [4.69, 9.17) is 0 Å². The first kappa shape index (κ1) is 28.8. The van der Waals surface area contributed by atoms with Crippen molar-refractivity contribution in [2.75, 3.05) is 31.5 Å². The number of piperidine rings is 1. The van der Waals surface area contributed by atoms with E-state index in [0.717, 1.165) is 37.9 Å². The Kier molecular flexibility index (Phi) is 9.78. The number of allylic oxidation sites excluding steroid dienone is 1. The number of benzene rings is 1. The van der Waals surface area contributed by atoms with Crippen molar-refractivity contribution in [1.82, 2.24) is 10.2 Å². The smallest absolute Gasteiger partial charge is 0.334 e. The molecule has 9 heteroatoms. The fourth-order valence-electron chi connectivity index (χ4n) is 6.74.